The van der Waals surface area contributed by atoms with Crippen LogP contribution in [-0.2, 0) is 12.8 Å². The first-order chi connectivity index (χ1) is 19.6. The summed E-state index contributed by atoms with van der Waals surface area (Å²) in [6.07, 6.45) is 2.54. The molecule has 4 aromatic carbocycles. The zero-order valence-corrected chi connectivity index (χ0v) is 22.0. The van der Waals surface area contributed by atoms with Gasteiger partial charge in [-0.15, -0.1) is 0 Å². The minimum absolute atomic E-state index is 0.0249. The minimum atomic E-state index is -1.10. The van der Waals surface area contributed by atoms with Crippen molar-refractivity contribution in [2.75, 3.05) is 0 Å². The fraction of sp³-hybridized carbons (Fsp3) is 0.114. The Labute approximate surface area is 234 Å². The van der Waals surface area contributed by atoms with Crippen molar-refractivity contribution in [1.29, 1.82) is 0 Å². The lowest BCUT2D eigenvalue weighted by atomic mass is 9.90. The summed E-state index contributed by atoms with van der Waals surface area (Å²) in [5.41, 5.74) is 4.28. The van der Waals surface area contributed by atoms with Crippen LogP contribution in [0.1, 0.15) is 55.2 Å². The first kappa shape index (κ1) is 26.6. The molecule has 0 radical (unpaired) electrons. The van der Waals surface area contributed by atoms with Crippen LogP contribution in [-0.4, -0.2) is 26.9 Å². The van der Waals surface area contributed by atoms with Crippen molar-refractivity contribution in [3.63, 3.8) is 0 Å². The Bertz CT molecular complexity index is 1460. The van der Waals surface area contributed by atoms with E-state index in [4.69, 9.17) is 0 Å². The molecule has 0 aliphatic heterocycles. The highest BCUT2D eigenvalue weighted by Gasteiger charge is 2.34. The number of carbonyl (C=O) groups excluding carboxylic acids is 1. The van der Waals surface area contributed by atoms with Crippen LogP contribution in [0.25, 0.3) is 0 Å². The zero-order chi connectivity index (χ0) is 27.7. The van der Waals surface area contributed by atoms with Crippen LogP contribution in [0.2, 0.25) is 0 Å². The van der Waals surface area contributed by atoms with E-state index in [1.54, 1.807) is 0 Å². The molecule has 0 spiro atoms. The first-order valence-corrected chi connectivity index (χ1v) is 13.3. The molecule has 5 nitrogen and oxygen atoms in total. The van der Waals surface area contributed by atoms with Gasteiger partial charge in [-0.2, -0.15) is 0 Å². The molecule has 0 saturated heterocycles. The number of pyridine rings is 1. The third kappa shape index (κ3) is 6.33. The molecule has 0 saturated carbocycles. The number of nitrogens with zero attached hydrogens (tertiary/aromatic N) is 2. The van der Waals surface area contributed by atoms with Crippen molar-refractivity contribution in [1.82, 2.24) is 9.88 Å². The van der Waals surface area contributed by atoms with Crippen molar-refractivity contribution < 1.29 is 14.7 Å². The van der Waals surface area contributed by atoms with Gasteiger partial charge in [-0.1, -0.05) is 121 Å². The topological polar surface area (TPSA) is 70.5 Å². The molecule has 1 aromatic heterocycles. The summed E-state index contributed by atoms with van der Waals surface area (Å²) in [6, 6.07) is 42.3. The van der Waals surface area contributed by atoms with Crippen LogP contribution in [0, 0.1) is 0 Å². The number of aromatic carboxylic acids is 1. The highest BCUT2D eigenvalue weighted by Crippen LogP contribution is 2.37. The molecule has 40 heavy (non-hydrogen) atoms. The van der Waals surface area contributed by atoms with Gasteiger partial charge in [0.15, 0.2) is 0 Å². The largest absolute Gasteiger partial charge is 0.478 e. The second-order valence-electron chi connectivity index (χ2n) is 9.68. The highest BCUT2D eigenvalue weighted by atomic mass is 16.4. The normalized spacial score (nSPS) is 12.3. The van der Waals surface area contributed by atoms with Crippen molar-refractivity contribution in [3.05, 3.63) is 173 Å². The monoisotopic (exact) mass is 526 g/mol. The Kier molecular flexibility index (Phi) is 8.42. The second-order valence-corrected chi connectivity index (χ2v) is 9.68. The number of hydrogen-bond acceptors (Lipinski definition) is 3. The fourth-order valence-electron chi connectivity index (χ4n) is 5.09. The van der Waals surface area contributed by atoms with Gasteiger partial charge in [-0.25, -0.2) is 4.79 Å². The third-order valence-corrected chi connectivity index (χ3v) is 7.04. The molecule has 0 bridgehead atoms. The summed E-state index contributed by atoms with van der Waals surface area (Å²) in [4.78, 5) is 32.6. The Hall–Kier alpha value is -5.03. The Morgan fingerprint density at radius 2 is 1.05 bits per heavy atom. The molecule has 1 heterocycles. The SMILES string of the molecule is O=C(O)c1ccnc(C(=O)N(C(Cc2ccccc2)c2ccccc2)C(Cc2ccccc2)c2ccccc2)c1. The molecule has 5 aromatic rings. The number of rotatable bonds is 10. The predicted molar refractivity (Wildman–Crippen MR) is 156 cm³/mol. The van der Waals surface area contributed by atoms with Crippen LogP contribution in [0.5, 0.6) is 0 Å². The number of carbonyl (C=O) groups is 2. The van der Waals surface area contributed by atoms with E-state index >= 15 is 0 Å². The van der Waals surface area contributed by atoms with Crippen LogP contribution < -0.4 is 0 Å². The fourth-order valence-corrected chi connectivity index (χ4v) is 5.09. The quantitative estimate of drug-likeness (QED) is 0.209. The average Bonchev–Trinajstić information content (AvgIpc) is 3.02. The second kappa shape index (κ2) is 12.7. The van der Waals surface area contributed by atoms with E-state index in [1.807, 2.05) is 102 Å². The summed E-state index contributed by atoms with van der Waals surface area (Å²) >= 11 is 0. The van der Waals surface area contributed by atoms with Crippen molar-refractivity contribution in [2.45, 2.75) is 24.9 Å². The van der Waals surface area contributed by atoms with Gasteiger partial charge >= 0.3 is 5.97 Å². The van der Waals surface area contributed by atoms with Crippen molar-refractivity contribution in [3.8, 4) is 0 Å². The first-order valence-electron chi connectivity index (χ1n) is 13.3. The molecule has 198 valence electrons. The van der Waals surface area contributed by atoms with Gasteiger partial charge in [0.2, 0.25) is 0 Å². The maximum Gasteiger partial charge on any atom is 0.335 e. The smallest absolute Gasteiger partial charge is 0.335 e. The van der Waals surface area contributed by atoms with E-state index in [-0.39, 0.29) is 29.2 Å². The van der Waals surface area contributed by atoms with Crippen molar-refractivity contribution >= 4 is 11.9 Å². The van der Waals surface area contributed by atoms with Crippen LogP contribution in [0.4, 0.5) is 0 Å². The molecular weight excluding hydrogens is 496 g/mol. The summed E-state index contributed by atoms with van der Waals surface area (Å²) in [5.74, 6) is -1.42. The van der Waals surface area contributed by atoms with E-state index in [2.05, 4.69) is 29.2 Å². The molecule has 1 amide bonds. The van der Waals surface area contributed by atoms with E-state index in [0.29, 0.717) is 12.8 Å². The summed E-state index contributed by atoms with van der Waals surface area (Å²) in [7, 11) is 0. The summed E-state index contributed by atoms with van der Waals surface area (Å²) in [6.45, 7) is 0. The maximum absolute atomic E-state index is 14.6. The molecule has 0 aliphatic rings. The third-order valence-electron chi connectivity index (χ3n) is 7.04. The van der Waals surface area contributed by atoms with Crippen molar-refractivity contribution in [2.24, 2.45) is 0 Å². The number of aromatic nitrogens is 1. The lowest BCUT2D eigenvalue weighted by Crippen LogP contribution is -2.40. The van der Waals surface area contributed by atoms with E-state index in [0.717, 1.165) is 22.3 Å². The maximum atomic E-state index is 14.6. The molecule has 1 N–H and O–H groups in total. The van der Waals surface area contributed by atoms with E-state index in [1.165, 1.54) is 18.3 Å². The predicted octanol–water partition coefficient (Wildman–Crippen LogP) is 7.19. The summed E-state index contributed by atoms with van der Waals surface area (Å²) in [5, 5.41) is 9.64. The number of amides is 1. The highest BCUT2D eigenvalue weighted by molar-refractivity contribution is 5.96. The standard InChI is InChI=1S/C35H30N2O3/c38-34(31-25-30(35(39)40)21-22-36-31)37(32(28-17-9-3-10-18-28)23-26-13-5-1-6-14-26)33(29-19-11-4-12-20-29)24-27-15-7-2-8-16-27/h1-22,25,32-33H,23-24H2,(H,39,40). The Morgan fingerprint density at radius 1 is 0.625 bits per heavy atom. The lowest BCUT2D eigenvalue weighted by molar-refractivity contribution is 0.0553. The Balaban J connectivity index is 1.70. The van der Waals surface area contributed by atoms with Gasteiger partial charge in [0.05, 0.1) is 17.6 Å². The zero-order valence-electron chi connectivity index (χ0n) is 22.0. The van der Waals surface area contributed by atoms with Gasteiger partial charge in [-0.05, 0) is 47.2 Å². The molecule has 5 heteroatoms. The van der Waals surface area contributed by atoms with Gasteiger partial charge in [0.1, 0.15) is 5.69 Å². The molecule has 0 aliphatic carbocycles. The minimum Gasteiger partial charge on any atom is -0.478 e. The van der Waals surface area contributed by atoms with Gasteiger partial charge in [-0.3, -0.25) is 9.78 Å². The number of hydrogen-bond donors (Lipinski definition) is 1. The molecule has 5 rings (SSSR count). The number of carboxylic acids is 1. The number of carboxylic acid groups (broad SMARTS) is 1. The van der Waals surface area contributed by atoms with Gasteiger partial charge in [0, 0.05) is 6.20 Å². The number of benzene rings is 4. The van der Waals surface area contributed by atoms with Crippen LogP contribution in [0.3, 0.4) is 0 Å². The van der Waals surface area contributed by atoms with E-state index in [9.17, 15) is 14.7 Å². The van der Waals surface area contributed by atoms with Crippen LogP contribution >= 0.6 is 0 Å². The average molecular weight is 527 g/mol. The summed E-state index contributed by atoms with van der Waals surface area (Å²) < 4.78 is 0. The van der Waals surface area contributed by atoms with E-state index < -0.39 is 5.97 Å². The molecular formula is C35H30N2O3. The van der Waals surface area contributed by atoms with Gasteiger partial charge < -0.3 is 10.0 Å². The van der Waals surface area contributed by atoms with Gasteiger partial charge in [0.25, 0.3) is 5.91 Å². The lowest BCUT2D eigenvalue weighted by Gasteiger charge is -2.39. The Morgan fingerprint density at radius 3 is 1.48 bits per heavy atom. The molecule has 2 atom stereocenters. The molecule has 2 unspecified atom stereocenters. The van der Waals surface area contributed by atoms with Crippen LogP contribution in [0.15, 0.2) is 140 Å². The molecule has 0 fully saturated rings.